The summed E-state index contributed by atoms with van der Waals surface area (Å²) < 4.78 is 0. The average molecular weight is 222 g/mol. The zero-order chi connectivity index (χ0) is 12.8. The Morgan fingerprint density at radius 2 is 1.69 bits per heavy atom. The maximum Gasteiger partial charge on any atom is -0.00197 e. The molecule has 0 saturated carbocycles. The second-order valence-electron chi connectivity index (χ2n) is 6.05. The SMILES string of the molecule is CCC1C=CC(C)=C1C.CCCC(C)(C)C. The minimum absolute atomic E-state index is 0.550. The van der Waals surface area contributed by atoms with Crippen molar-refractivity contribution in [2.24, 2.45) is 11.3 Å². The van der Waals surface area contributed by atoms with Gasteiger partial charge in [0.25, 0.3) is 0 Å². The Kier molecular flexibility index (Phi) is 6.71. The summed E-state index contributed by atoms with van der Waals surface area (Å²) in [5.74, 6) is 0.741. The van der Waals surface area contributed by atoms with Crippen LogP contribution in [0.5, 0.6) is 0 Å². The molecule has 0 radical (unpaired) electrons. The summed E-state index contributed by atoms with van der Waals surface area (Å²) in [5.41, 5.74) is 3.56. The molecule has 1 aliphatic rings. The standard InChI is InChI=1S/C9H14.C7H16/c1-4-9-6-5-7(2)8(9)3;1-5-6-7(2,3)4/h5-6,9H,4H2,1-3H3;5-6H2,1-4H3. The minimum Gasteiger partial charge on any atom is -0.0771 e. The Labute approximate surface area is 103 Å². The molecule has 0 saturated heterocycles. The van der Waals surface area contributed by atoms with Crippen LogP contribution in [0, 0.1) is 11.3 Å². The van der Waals surface area contributed by atoms with Gasteiger partial charge in [0.05, 0.1) is 0 Å². The fourth-order valence-electron chi connectivity index (χ4n) is 2.02. The second kappa shape index (κ2) is 6.93. The molecule has 94 valence electrons. The van der Waals surface area contributed by atoms with Crippen LogP contribution in [0.2, 0.25) is 0 Å². The first-order valence-electron chi connectivity index (χ1n) is 6.67. The van der Waals surface area contributed by atoms with Gasteiger partial charge in [-0.15, -0.1) is 0 Å². The van der Waals surface area contributed by atoms with Crippen molar-refractivity contribution in [1.82, 2.24) is 0 Å². The van der Waals surface area contributed by atoms with E-state index in [4.69, 9.17) is 0 Å². The van der Waals surface area contributed by atoms with Crippen molar-refractivity contribution < 1.29 is 0 Å². The van der Waals surface area contributed by atoms with Crippen molar-refractivity contribution in [3.05, 3.63) is 23.3 Å². The molecule has 0 heteroatoms. The Hall–Kier alpha value is -0.520. The van der Waals surface area contributed by atoms with E-state index in [9.17, 15) is 0 Å². The predicted molar refractivity (Wildman–Crippen MR) is 75.7 cm³/mol. The number of allylic oxidation sites excluding steroid dienone is 4. The van der Waals surface area contributed by atoms with E-state index < -0.39 is 0 Å². The van der Waals surface area contributed by atoms with Crippen molar-refractivity contribution in [3.63, 3.8) is 0 Å². The molecular formula is C16H30. The number of hydrogen-bond acceptors (Lipinski definition) is 0. The van der Waals surface area contributed by atoms with Crippen molar-refractivity contribution in [1.29, 1.82) is 0 Å². The summed E-state index contributed by atoms with van der Waals surface area (Å²) in [7, 11) is 0. The molecule has 0 fully saturated rings. The fourth-order valence-corrected chi connectivity index (χ4v) is 2.02. The first-order valence-corrected chi connectivity index (χ1v) is 6.67. The highest BCUT2D eigenvalue weighted by atomic mass is 14.2. The zero-order valence-corrected chi connectivity index (χ0v) is 12.4. The first kappa shape index (κ1) is 15.5. The Balaban J connectivity index is 0.000000293. The van der Waals surface area contributed by atoms with Gasteiger partial charge in [0.15, 0.2) is 0 Å². The van der Waals surface area contributed by atoms with Gasteiger partial charge in [0.1, 0.15) is 0 Å². The Morgan fingerprint density at radius 1 is 1.12 bits per heavy atom. The molecule has 0 nitrogen and oxygen atoms in total. The Morgan fingerprint density at radius 3 is 1.81 bits per heavy atom. The van der Waals surface area contributed by atoms with Crippen LogP contribution >= 0.6 is 0 Å². The van der Waals surface area contributed by atoms with Crippen LogP contribution in [0.15, 0.2) is 23.3 Å². The van der Waals surface area contributed by atoms with E-state index in [0.717, 1.165) is 5.92 Å². The summed E-state index contributed by atoms with van der Waals surface area (Å²) in [5, 5.41) is 0. The zero-order valence-electron chi connectivity index (χ0n) is 12.4. The summed E-state index contributed by atoms with van der Waals surface area (Å²) >= 11 is 0. The molecule has 1 aliphatic carbocycles. The molecule has 0 aliphatic heterocycles. The smallest absolute Gasteiger partial charge is 0.00197 e. The van der Waals surface area contributed by atoms with Crippen LogP contribution < -0.4 is 0 Å². The van der Waals surface area contributed by atoms with Crippen LogP contribution in [-0.2, 0) is 0 Å². The largest absolute Gasteiger partial charge is 0.0771 e. The van der Waals surface area contributed by atoms with E-state index in [1.807, 2.05) is 0 Å². The molecule has 0 N–H and O–H groups in total. The molecule has 0 aromatic carbocycles. The maximum absolute atomic E-state index is 2.30. The third-order valence-corrected chi connectivity index (χ3v) is 3.20. The van der Waals surface area contributed by atoms with Gasteiger partial charge in [-0.05, 0) is 38.0 Å². The van der Waals surface area contributed by atoms with Gasteiger partial charge in [-0.3, -0.25) is 0 Å². The minimum atomic E-state index is 0.550. The number of rotatable bonds is 2. The summed E-state index contributed by atoms with van der Waals surface area (Å²) in [6, 6.07) is 0. The van der Waals surface area contributed by atoms with Gasteiger partial charge in [-0.25, -0.2) is 0 Å². The summed E-state index contributed by atoms with van der Waals surface area (Å²) in [6.45, 7) is 15.7. The molecular weight excluding hydrogens is 192 g/mol. The fraction of sp³-hybridized carbons (Fsp3) is 0.750. The van der Waals surface area contributed by atoms with Gasteiger partial charge in [0, 0.05) is 0 Å². The van der Waals surface area contributed by atoms with Gasteiger partial charge < -0.3 is 0 Å². The van der Waals surface area contributed by atoms with E-state index in [2.05, 4.69) is 60.6 Å². The molecule has 1 unspecified atom stereocenters. The van der Waals surface area contributed by atoms with E-state index in [0.29, 0.717) is 5.41 Å². The van der Waals surface area contributed by atoms with Crippen LogP contribution in [0.1, 0.15) is 67.7 Å². The van der Waals surface area contributed by atoms with Gasteiger partial charge in [0.2, 0.25) is 0 Å². The van der Waals surface area contributed by atoms with E-state index in [1.165, 1.54) is 24.8 Å². The second-order valence-corrected chi connectivity index (χ2v) is 6.05. The lowest BCUT2D eigenvalue weighted by atomic mass is 9.91. The molecule has 0 spiro atoms. The molecule has 1 atom stereocenters. The van der Waals surface area contributed by atoms with Gasteiger partial charge in [-0.2, -0.15) is 0 Å². The van der Waals surface area contributed by atoms with Crippen LogP contribution in [-0.4, -0.2) is 0 Å². The molecule has 0 bridgehead atoms. The van der Waals surface area contributed by atoms with Crippen molar-refractivity contribution in [2.45, 2.75) is 67.7 Å². The predicted octanol–water partition coefficient (Wildman–Crippen LogP) is 5.75. The lowest BCUT2D eigenvalue weighted by molar-refractivity contribution is 0.373. The Bertz CT molecular complexity index is 248. The van der Waals surface area contributed by atoms with Crippen LogP contribution in [0.3, 0.4) is 0 Å². The van der Waals surface area contributed by atoms with Crippen LogP contribution in [0.4, 0.5) is 0 Å². The average Bonchev–Trinajstić information content (AvgIpc) is 2.46. The van der Waals surface area contributed by atoms with Crippen molar-refractivity contribution in [3.8, 4) is 0 Å². The lowest BCUT2D eigenvalue weighted by Gasteiger charge is -2.15. The highest BCUT2D eigenvalue weighted by Crippen LogP contribution is 2.26. The highest BCUT2D eigenvalue weighted by Gasteiger charge is 2.10. The maximum atomic E-state index is 2.30. The summed E-state index contributed by atoms with van der Waals surface area (Å²) in [6.07, 6.45) is 8.42. The van der Waals surface area contributed by atoms with E-state index in [-0.39, 0.29) is 0 Å². The first-order chi connectivity index (χ1) is 7.31. The highest BCUT2D eigenvalue weighted by molar-refractivity contribution is 5.33. The molecule has 0 aromatic heterocycles. The van der Waals surface area contributed by atoms with Gasteiger partial charge >= 0.3 is 0 Å². The summed E-state index contributed by atoms with van der Waals surface area (Å²) in [4.78, 5) is 0. The molecule has 0 heterocycles. The van der Waals surface area contributed by atoms with Gasteiger partial charge in [-0.1, -0.05) is 64.3 Å². The quantitative estimate of drug-likeness (QED) is 0.558. The third kappa shape index (κ3) is 6.15. The monoisotopic (exact) mass is 222 g/mol. The lowest BCUT2D eigenvalue weighted by Crippen LogP contribution is -2.02. The van der Waals surface area contributed by atoms with E-state index >= 15 is 0 Å². The topological polar surface area (TPSA) is 0 Å². The molecule has 0 aromatic rings. The normalized spacial score (nSPS) is 19.8. The van der Waals surface area contributed by atoms with Crippen molar-refractivity contribution >= 4 is 0 Å². The van der Waals surface area contributed by atoms with E-state index in [1.54, 1.807) is 5.57 Å². The molecule has 1 rings (SSSR count). The molecule has 0 amide bonds. The third-order valence-electron chi connectivity index (χ3n) is 3.20. The number of hydrogen-bond donors (Lipinski definition) is 0. The molecule has 16 heavy (non-hydrogen) atoms. The van der Waals surface area contributed by atoms with Crippen molar-refractivity contribution in [2.75, 3.05) is 0 Å². The van der Waals surface area contributed by atoms with Crippen LogP contribution in [0.25, 0.3) is 0 Å².